The van der Waals surface area contributed by atoms with E-state index in [1.165, 1.54) is 0 Å². The molecule has 3 rings (SSSR count). The van der Waals surface area contributed by atoms with Crippen LogP contribution in [-0.4, -0.2) is 4.98 Å². The summed E-state index contributed by atoms with van der Waals surface area (Å²) in [6.07, 6.45) is 0.854. The summed E-state index contributed by atoms with van der Waals surface area (Å²) >= 11 is 0. The van der Waals surface area contributed by atoms with E-state index in [2.05, 4.69) is 41.2 Å². The zero-order chi connectivity index (χ0) is 13.1. The molecule has 0 saturated carbocycles. The topological polar surface area (TPSA) is 27.0 Å². The molecule has 0 atom stereocenters. The van der Waals surface area contributed by atoms with Crippen molar-refractivity contribution >= 4 is 0 Å². The van der Waals surface area contributed by atoms with Crippen LogP contribution in [0.4, 0.5) is 0 Å². The van der Waals surface area contributed by atoms with E-state index in [1.54, 1.807) is 0 Å². The maximum Gasteiger partial charge on any atom is 0 e. The Morgan fingerprint density at radius 1 is 0.850 bits per heavy atom. The third-order valence-electron chi connectivity index (χ3n) is 3.12. The maximum atomic E-state index is 4.66. The molecule has 0 saturated heterocycles. The normalized spacial score (nSPS) is 10.1. The maximum absolute atomic E-state index is 4.66. The summed E-state index contributed by atoms with van der Waals surface area (Å²) in [7, 11) is 0. The second-order valence-electron chi connectivity index (χ2n) is 4.42. The second kappa shape index (κ2) is 6.63. The van der Waals surface area contributed by atoms with Gasteiger partial charge in [0, 0.05) is 19.5 Å². The van der Waals surface area contributed by atoms with Crippen LogP contribution in [0.25, 0.3) is 22.5 Å². The number of aryl methyl sites for hydroxylation is 1. The summed E-state index contributed by atoms with van der Waals surface area (Å²) < 4.78 is 0. The first kappa shape index (κ1) is 14.7. The molecular formula is C17H15N2Zn-. The van der Waals surface area contributed by atoms with E-state index in [0.717, 1.165) is 34.8 Å². The van der Waals surface area contributed by atoms with Gasteiger partial charge < -0.3 is 9.97 Å². The van der Waals surface area contributed by atoms with E-state index in [1.807, 2.05) is 36.4 Å². The van der Waals surface area contributed by atoms with Crippen LogP contribution in [0.5, 0.6) is 0 Å². The van der Waals surface area contributed by atoms with Crippen molar-refractivity contribution in [2.75, 3.05) is 0 Å². The number of hydrogen-bond acceptors (Lipinski definition) is 1. The molecule has 0 spiro atoms. The first-order valence-corrected chi connectivity index (χ1v) is 6.53. The molecule has 20 heavy (non-hydrogen) atoms. The molecule has 0 aliphatic rings. The van der Waals surface area contributed by atoms with Gasteiger partial charge in [-0.2, -0.15) is 0 Å². The zero-order valence-electron chi connectivity index (χ0n) is 11.6. The largest absolute Gasteiger partial charge is 0.439 e. The molecule has 1 heterocycles. The Morgan fingerprint density at radius 3 is 1.95 bits per heavy atom. The Balaban J connectivity index is 0.00000147. The van der Waals surface area contributed by atoms with Crippen molar-refractivity contribution in [1.29, 1.82) is 0 Å². The van der Waals surface area contributed by atoms with Crippen molar-refractivity contribution in [2.24, 2.45) is 0 Å². The molecule has 0 N–H and O–H groups in total. The summed E-state index contributed by atoms with van der Waals surface area (Å²) in [6.45, 7) is 2.08. The first-order chi connectivity index (χ1) is 9.38. The summed E-state index contributed by atoms with van der Waals surface area (Å²) in [5.41, 5.74) is 4.19. The number of rotatable bonds is 3. The van der Waals surface area contributed by atoms with Crippen molar-refractivity contribution in [1.82, 2.24) is 9.97 Å². The fourth-order valence-electron chi connectivity index (χ4n) is 2.14. The molecule has 96 valence electrons. The average molecular weight is 313 g/mol. The minimum atomic E-state index is 0. The summed E-state index contributed by atoms with van der Waals surface area (Å²) in [5.74, 6) is 0.901. The first-order valence-electron chi connectivity index (χ1n) is 6.53. The molecule has 0 amide bonds. The molecule has 0 radical (unpaired) electrons. The predicted octanol–water partition coefficient (Wildman–Crippen LogP) is 3.93. The zero-order valence-corrected chi connectivity index (χ0v) is 14.5. The number of aromatic nitrogens is 2. The average Bonchev–Trinajstić information content (AvgIpc) is 2.93. The molecule has 3 aromatic rings. The van der Waals surface area contributed by atoms with Crippen LogP contribution in [0.1, 0.15) is 12.7 Å². The van der Waals surface area contributed by atoms with Gasteiger partial charge in [0.05, 0.1) is 0 Å². The Morgan fingerprint density at radius 2 is 1.40 bits per heavy atom. The summed E-state index contributed by atoms with van der Waals surface area (Å²) in [4.78, 5) is 9.33. The minimum absolute atomic E-state index is 0. The van der Waals surface area contributed by atoms with E-state index in [4.69, 9.17) is 0 Å². The molecule has 0 aliphatic carbocycles. The van der Waals surface area contributed by atoms with Crippen LogP contribution in [0.2, 0.25) is 0 Å². The summed E-state index contributed by atoms with van der Waals surface area (Å²) in [5, 5.41) is 0. The molecule has 0 bridgehead atoms. The molecule has 2 nitrogen and oxygen atoms in total. The molecule has 3 heteroatoms. The van der Waals surface area contributed by atoms with Gasteiger partial charge in [0.15, 0.2) is 0 Å². The van der Waals surface area contributed by atoms with Gasteiger partial charge in [-0.1, -0.05) is 73.4 Å². The second-order valence-corrected chi connectivity index (χ2v) is 4.42. The molecule has 2 aromatic carbocycles. The van der Waals surface area contributed by atoms with Crippen LogP contribution in [0.15, 0.2) is 60.7 Å². The van der Waals surface area contributed by atoms with Gasteiger partial charge in [-0.05, 0) is 28.9 Å². The van der Waals surface area contributed by atoms with Crippen LogP contribution in [-0.2, 0) is 25.9 Å². The van der Waals surface area contributed by atoms with E-state index in [-0.39, 0.29) is 19.5 Å². The number of benzene rings is 2. The van der Waals surface area contributed by atoms with Crippen molar-refractivity contribution in [2.45, 2.75) is 13.3 Å². The van der Waals surface area contributed by atoms with Gasteiger partial charge in [0.25, 0.3) is 0 Å². The van der Waals surface area contributed by atoms with Crippen molar-refractivity contribution in [3.63, 3.8) is 0 Å². The van der Waals surface area contributed by atoms with Crippen LogP contribution < -0.4 is 4.98 Å². The number of imidazole rings is 1. The molecule has 0 fully saturated rings. The third-order valence-corrected chi connectivity index (χ3v) is 3.12. The fourth-order valence-corrected chi connectivity index (χ4v) is 2.14. The minimum Gasteiger partial charge on any atom is -0.439 e. The van der Waals surface area contributed by atoms with Gasteiger partial charge in [-0.15, -0.1) is 0 Å². The third kappa shape index (κ3) is 2.89. The van der Waals surface area contributed by atoms with E-state index in [9.17, 15) is 0 Å². The van der Waals surface area contributed by atoms with E-state index >= 15 is 0 Å². The smallest absolute Gasteiger partial charge is 0 e. The van der Waals surface area contributed by atoms with Gasteiger partial charge in [0.2, 0.25) is 0 Å². The molecular weight excluding hydrogens is 298 g/mol. The van der Waals surface area contributed by atoms with Crippen molar-refractivity contribution < 1.29 is 19.5 Å². The fraction of sp³-hybridized carbons (Fsp3) is 0.118. The predicted molar refractivity (Wildman–Crippen MR) is 77.8 cm³/mol. The van der Waals surface area contributed by atoms with E-state index < -0.39 is 0 Å². The van der Waals surface area contributed by atoms with Crippen molar-refractivity contribution in [3.05, 3.63) is 66.5 Å². The SMILES string of the molecule is CCc1nc(-c2ccccc2)c(-c2ccccc2)[n-]1.[Zn]. The Hall–Kier alpha value is -1.73. The van der Waals surface area contributed by atoms with Gasteiger partial charge in [-0.25, -0.2) is 0 Å². The molecule has 1 aromatic heterocycles. The Bertz CT molecular complexity index is 603. The van der Waals surface area contributed by atoms with Gasteiger partial charge >= 0.3 is 0 Å². The molecule has 0 aliphatic heterocycles. The molecule has 0 unspecified atom stereocenters. The standard InChI is InChI=1S/C17H15N2.Zn/c1-2-15-18-16(13-9-5-3-6-10-13)17(19-15)14-11-7-4-8-12-14;/h3-12H,2H2,1H3;/q-1;. The van der Waals surface area contributed by atoms with E-state index in [0.29, 0.717) is 0 Å². The van der Waals surface area contributed by atoms with Crippen LogP contribution in [0, 0.1) is 0 Å². The summed E-state index contributed by atoms with van der Waals surface area (Å²) in [6, 6.07) is 20.5. The Kier molecular flexibility index (Phi) is 4.86. The number of nitrogens with zero attached hydrogens (tertiary/aromatic N) is 2. The van der Waals surface area contributed by atoms with Gasteiger partial charge in [-0.3, -0.25) is 0 Å². The van der Waals surface area contributed by atoms with Crippen LogP contribution >= 0.6 is 0 Å². The quantitative estimate of drug-likeness (QED) is 0.685. The Labute approximate surface area is 132 Å². The monoisotopic (exact) mass is 311 g/mol. The van der Waals surface area contributed by atoms with Crippen LogP contribution in [0.3, 0.4) is 0 Å². The number of hydrogen-bond donors (Lipinski definition) is 0. The van der Waals surface area contributed by atoms with Gasteiger partial charge in [0.1, 0.15) is 0 Å². The van der Waals surface area contributed by atoms with Crippen molar-refractivity contribution in [3.8, 4) is 22.5 Å².